The third-order valence-electron chi connectivity index (χ3n) is 2.21. The van der Waals surface area contributed by atoms with Crippen molar-refractivity contribution in [3.8, 4) is 0 Å². The SMILES string of the molecule is CSc1cccc(NC(N)=NC2CC2)c1. The molecule has 0 radical (unpaired) electrons. The van der Waals surface area contributed by atoms with Gasteiger partial charge in [-0.25, -0.2) is 4.99 Å². The van der Waals surface area contributed by atoms with E-state index in [0.29, 0.717) is 12.0 Å². The molecule has 1 aromatic rings. The number of benzene rings is 1. The molecule has 0 amide bonds. The number of aliphatic imine (C=N–C) groups is 1. The molecule has 0 bridgehead atoms. The van der Waals surface area contributed by atoms with Crippen molar-refractivity contribution in [2.75, 3.05) is 11.6 Å². The maximum atomic E-state index is 5.77. The topological polar surface area (TPSA) is 50.4 Å². The summed E-state index contributed by atoms with van der Waals surface area (Å²) in [4.78, 5) is 5.54. The summed E-state index contributed by atoms with van der Waals surface area (Å²) in [5.41, 5.74) is 6.77. The Bertz CT molecular complexity index is 372. The quantitative estimate of drug-likeness (QED) is 0.468. The minimum absolute atomic E-state index is 0.459. The molecule has 0 atom stereocenters. The molecule has 2 rings (SSSR count). The summed E-state index contributed by atoms with van der Waals surface area (Å²) in [6.45, 7) is 0. The van der Waals surface area contributed by atoms with Gasteiger partial charge in [-0.05, 0) is 37.3 Å². The van der Waals surface area contributed by atoms with Crippen molar-refractivity contribution in [3.05, 3.63) is 24.3 Å². The smallest absolute Gasteiger partial charge is 0.193 e. The van der Waals surface area contributed by atoms with E-state index < -0.39 is 0 Å². The van der Waals surface area contributed by atoms with Crippen LogP contribution in [0.3, 0.4) is 0 Å². The summed E-state index contributed by atoms with van der Waals surface area (Å²) in [7, 11) is 0. The Morgan fingerprint density at radius 3 is 3.00 bits per heavy atom. The molecule has 0 saturated heterocycles. The molecule has 3 nitrogen and oxygen atoms in total. The average molecular weight is 221 g/mol. The van der Waals surface area contributed by atoms with Crippen LogP contribution in [-0.2, 0) is 0 Å². The Kier molecular flexibility index (Phi) is 3.16. The standard InChI is InChI=1S/C11H15N3S/c1-15-10-4-2-3-9(7-10)14-11(12)13-8-5-6-8/h2-4,7-8H,5-6H2,1H3,(H3,12,13,14). The second-order valence-corrected chi connectivity index (χ2v) is 4.48. The van der Waals surface area contributed by atoms with Gasteiger partial charge in [-0.15, -0.1) is 11.8 Å². The van der Waals surface area contributed by atoms with Gasteiger partial charge in [0.25, 0.3) is 0 Å². The van der Waals surface area contributed by atoms with Gasteiger partial charge in [-0.2, -0.15) is 0 Å². The highest BCUT2D eigenvalue weighted by Gasteiger charge is 2.20. The predicted octanol–water partition coefficient (Wildman–Crippen LogP) is 2.30. The number of nitrogens with one attached hydrogen (secondary N) is 1. The minimum Gasteiger partial charge on any atom is -0.370 e. The number of nitrogens with two attached hydrogens (primary N) is 1. The van der Waals surface area contributed by atoms with Gasteiger partial charge >= 0.3 is 0 Å². The van der Waals surface area contributed by atoms with Gasteiger partial charge in [0, 0.05) is 10.6 Å². The Morgan fingerprint density at radius 1 is 1.53 bits per heavy atom. The highest BCUT2D eigenvalue weighted by molar-refractivity contribution is 7.98. The number of hydrogen-bond acceptors (Lipinski definition) is 2. The van der Waals surface area contributed by atoms with Crippen LogP contribution in [0.4, 0.5) is 5.69 Å². The molecule has 1 aromatic carbocycles. The second-order valence-electron chi connectivity index (χ2n) is 3.60. The minimum atomic E-state index is 0.459. The first-order chi connectivity index (χ1) is 7.28. The largest absolute Gasteiger partial charge is 0.370 e. The van der Waals surface area contributed by atoms with Gasteiger partial charge in [-0.3, -0.25) is 0 Å². The van der Waals surface area contributed by atoms with Crippen molar-refractivity contribution in [1.29, 1.82) is 0 Å². The first kappa shape index (κ1) is 10.4. The van der Waals surface area contributed by atoms with Gasteiger partial charge in [0.05, 0.1) is 6.04 Å². The van der Waals surface area contributed by atoms with Crippen LogP contribution >= 0.6 is 11.8 Å². The van der Waals surface area contributed by atoms with Crippen LogP contribution in [0.5, 0.6) is 0 Å². The van der Waals surface area contributed by atoms with Crippen LogP contribution in [0.15, 0.2) is 34.2 Å². The fraction of sp³-hybridized carbons (Fsp3) is 0.364. The molecule has 4 heteroatoms. The zero-order chi connectivity index (χ0) is 10.7. The van der Waals surface area contributed by atoms with Crippen LogP contribution in [0.1, 0.15) is 12.8 Å². The van der Waals surface area contributed by atoms with E-state index in [9.17, 15) is 0 Å². The molecule has 80 valence electrons. The van der Waals surface area contributed by atoms with E-state index in [1.807, 2.05) is 12.1 Å². The summed E-state index contributed by atoms with van der Waals surface area (Å²) in [5.74, 6) is 0.524. The van der Waals surface area contributed by atoms with Crippen LogP contribution in [0.25, 0.3) is 0 Å². The Balaban J connectivity index is 2.02. The van der Waals surface area contributed by atoms with Crippen molar-refractivity contribution in [3.63, 3.8) is 0 Å². The summed E-state index contributed by atoms with van der Waals surface area (Å²) in [6, 6.07) is 8.61. The van der Waals surface area contributed by atoms with Crippen molar-refractivity contribution >= 4 is 23.4 Å². The molecule has 1 fully saturated rings. The molecule has 0 heterocycles. The van der Waals surface area contributed by atoms with E-state index in [1.165, 1.54) is 17.7 Å². The van der Waals surface area contributed by atoms with Gasteiger partial charge < -0.3 is 11.1 Å². The number of nitrogens with zero attached hydrogens (tertiary/aromatic N) is 1. The zero-order valence-electron chi connectivity index (χ0n) is 8.73. The van der Waals surface area contributed by atoms with Gasteiger partial charge in [0.2, 0.25) is 0 Å². The number of guanidine groups is 1. The van der Waals surface area contributed by atoms with E-state index >= 15 is 0 Å². The zero-order valence-corrected chi connectivity index (χ0v) is 9.55. The second kappa shape index (κ2) is 4.57. The van der Waals surface area contributed by atoms with Crippen LogP contribution in [0.2, 0.25) is 0 Å². The summed E-state index contributed by atoms with van der Waals surface area (Å²) < 4.78 is 0. The van der Waals surface area contributed by atoms with E-state index in [2.05, 4.69) is 28.7 Å². The molecular formula is C11H15N3S. The van der Waals surface area contributed by atoms with E-state index in [-0.39, 0.29) is 0 Å². The van der Waals surface area contributed by atoms with Crippen molar-refractivity contribution in [2.45, 2.75) is 23.8 Å². The Hall–Kier alpha value is -1.16. The summed E-state index contributed by atoms with van der Waals surface area (Å²) in [6.07, 6.45) is 4.40. The van der Waals surface area contributed by atoms with Gasteiger partial charge in [-0.1, -0.05) is 6.07 Å². The molecule has 1 saturated carbocycles. The fourth-order valence-electron chi connectivity index (χ4n) is 1.28. The molecule has 0 unspecified atom stereocenters. The van der Waals surface area contributed by atoms with Crippen molar-refractivity contribution in [2.24, 2.45) is 10.7 Å². The van der Waals surface area contributed by atoms with Gasteiger partial charge in [0.1, 0.15) is 0 Å². The van der Waals surface area contributed by atoms with Crippen molar-refractivity contribution in [1.82, 2.24) is 0 Å². The fourth-order valence-corrected chi connectivity index (χ4v) is 1.74. The van der Waals surface area contributed by atoms with Crippen LogP contribution < -0.4 is 11.1 Å². The molecule has 1 aliphatic rings. The Labute approximate surface area is 94.2 Å². The summed E-state index contributed by atoms with van der Waals surface area (Å²) >= 11 is 1.72. The van der Waals surface area contributed by atoms with Crippen LogP contribution in [-0.4, -0.2) is 18.3 Å². The predicted molar refractivity (Wildman–Crippen MR) is 66.5 cm³/mol. The Morgan fingerprint density at radius 2 is 2.33 bits per heavy atom. The first-order valence-electron chi connectivity index (χ1n) is 5.02. The van der Waals surface area contributed by atoms with Gasteiger partial charge in [0.15, 0.2) is 5.96 Å². The molecular weight excluding hydrogens is 206 g/mol. The molecule has 0 spiro atoms. The average Bonchev–Trinajstić information content (AvgIpc) is 3.02. The third kappa shape index (κ3) is 3.16. The molecule has 0 aromatic heterocycles. The molecule has 15 heavy (non-hydrogen) atoms. The molecule has 0 aliphatic heterocycles. The highest BCUT2D eigenvalue weighted by atomic mass is 32.2. The maximum Gasteiger partial charge on any atom is 0.193 e. The highest BCUT2D eigenvalue weighted by Crippen LogP contribution is 2.23. The lowest BCUT2D eigenvalue weighted by molar-refractivity contribution is 1.06. The summed E-state index contributed by atoms with van der Waals surface area (Å²) in [5, 5.41) is 3.10. The van der Waals surface area contributed by atoms with E-state index in [1.54, 1.807) is 11.8 Å². The number of thioether (sulfide) groups is 1. The number of anilines is 1. The lowest BCUT2D eigenvalue weighted by atomic mass is 10.3. The number of rotatable bonds is 3. The van der Waals surface area contributed by atoms with E-state index in [4.69, 9.17) is 5.73 Å². The lowest BCUT2D eigenvalue weighted by Gasteiger charge is -2.06. The lowest BCUT2D eigenvalue weighted by Crippen LogP contribution is -2.22. The first-order valence-corrected chi connectivity index (χ1v) is 6.25. The maximum absolute atomic E-state index is 5.77. The van der Waals surface area contributed by atoms with Crippen LogP contribution in [0, 0.1) is 0 Å². The number of hydrogen-bond donors (Lipinski definition) is 2. The third-order valence-corrected chi connectivity index (χ3v) is 2.94. The van der Waals surface area contributed by atoms with Crippen molar-refractivity contribution < 1.29 is 0 Å². The molecule has 1 aliphatic carbocycles. The normalized spacial score (nSPS) is 16.5. The monoisotopic (exact) mass is 221 g/mol. The van der Waals surface area contributed by atoms with E-state index in [0.717, 1.165) is 5.69 Å². The molecule has 3 N–H and O–H groups in total.